The van der Waals surface area contributed by atoms with Gasteiger partial charge < -0.3 is 9.80 Å². The summed E-state index contributed by atoms with van der Waals surface area (Å²) in [6.45, 7) is 5.68. The van der Waals surface area contributed by atoms with E-state index in [1.54, 1.807) is 33.3 Å². The lowest BCUT2D eigenvalue weighted by Gasteiger charge is -2.29. The van der Waals surface area contributed by atoms with Crippen LogP contribution in [0.3, 0.4) is 0 Å². The van der Waals surface area contributed by atoms with E-state index in [1.807, 2.05) is 17.5 Å². The first kappa shape index (κ1) is 20.5. The summed E-state index contributed by atoms with van der Waals surface area (Å²) in [5.41, 5.74) is 0.871. The van der Waals surface area contributed by atoms with Gasteiger partial charge in [0.05, 0.1) is 13.1 Å². The molecule has 4 nitrogen and oxygen atoms in total. The van der Waals surface area contributed by atoms with Gasteiger partial charge >= 0.3 is 0 Å². The summed E-state index contributed by atoms with van der Waals surface area (Å²) in [5, 5.41) is 1.98. The highest BCUT2D eigenvalue weighted by Crippen LogP contribution is 2.31. The van der Waals surface area contributed by atoms with E-state index in [4.69, 9.17) is 0 Å². The molecule has 0 saturated heterocycles. The Morgan fingerprint density at radius 1 is 1.11 bits per heavy atom. The van der Waals surface area contributed by atoms with E-state index in [2.05, 4.69) is 13.8 Å². The predicted octanol–water partition coefficient (Wildman–Crippen LogP) is 4.31. The number of carbonyl (C=O) groups excluding carboxylic acids is 2. The topological polar surface area (TPSA) is 40.6 Å². The van der Waals surface area contributed by atoms with Crippen molar-refractivity contribution in [3.63, 3.8) is 0 Å². The molecular weight excluding hydrogens is 375 g/mol. The van der Waals surface area contributed by atoms with E-state index < -0.39 is 0 Å². The molecule has 1 aromatic carbocycles. The van der Waals surface area contributed by atoms with Gasteiger partial charge in [-0.1, -0.05) is 32.0 Å². The van der Waals surface area contributed by atoms with Crippen molar-refractivity contribution in [1.82, 2.24) is 9.80 Å². The second-order valence-corrected chi connectivity index (χ2v) is 8.87. The van der Waals surface area contributed by atoms with Crippen LogP contribution in [0.2, 0.25) is 0 Å². The molecule has 28 heavy (non-hydrogen) atoms. The first-order valence-electron chi connectivity index (χ1n) is 9.75. The Labute approximate surface area is 170 Å². The van der Waals surface area contributed by atoms with Crippen LogP contribution in [0.4, 0.5) is 4.39 Å². The lowest BCUT2D eigenvalue weighted by atomic mass is 10.1. The molecule has 2 amide bonds. The summed E-state index contributed by atoms with van der Waals surface area (Å²) in [6, 6.07) is 10.2. The molecule has 0 aliphatic heterocycles. The molecule has 1 aliphatic rings. The second kappa shape index (κ2) is 9.32. The highest BCUT2D eigenvalue weighted by molar-refractivity contribution is 7.09. The molecule has 150 valence electrons. The van der Waals surface area contributed by atoms with Crippen LogP contribution < -0.4 is 0 Å². The van der Waals surface area contributed by atoms with Crippen molar-refractivity contribution >= 4 is 23.2 Å². The molecule has 0 spiro atoms. The summed E-state index contributed by atoms with van der Waals surface area (Å²) in [4.78, 5) is 30.3. The number of thiophene rings is 1. The maximum atomic E-state index is 13.2. The van der Waals surface area contributed by atoms with Gasteiger partial charge in [-0.3, -0.25) is 9.59 Å². The van der Waals surface area contributed by atoms with Gasteiger partial charge in [-0.05, 0) is 47.9 Å². The molecule has 6 heteroatoms. The minimum Gasteiger partial charge on any atom is -0.333 e. The standard InChI is InChI=1S/C22H27FN2O2S/c1-16(2)12-25(22(27)18-7-8-18)15-21(26)24(14-20-4-3-11-28-20)13-17-5-9-19(23)10-6-17/h3-6,9-11,16,18H,7-8,12-15H2,1-2H3. The summed E-state index contributed by atoms with van der Waals surface area (Å²) >= 11 is 1.60. The van der Waals surface area contributed by atoms with Crippen molar-refractivity contribution in [1.29, 1.82) is 0 Å². The Kier molecular flexibility index (Phi) is 6.83. The Bertz CT molecular complexity index is 785. The molecule has 1 aliphatic carbocycles. The van der Waals surface area contributed by atoms with Crippen LogP contribution in [0.5, 0.6) is 0 Å². The molecule has 0 N–H and O–H groups in total. The van der Waals surface area contributed by atoms with Crippen molar-refractivity contribution in [2.75, 3.05) is 13.1 Å². The van der Waals surface area contributed by atoms with Crippen molar-refractivity contribution in [2.24, 2.45) is 11.8 Å². The first-order chi connectivity index (χ1) is 13.4. The van der Waals surface area contributed by atoms with E-state index in [0.29, 0.717) is 25.6 Å². The SMILES string of the molecule is CC(C)CN(CC(=O)N(Cc1ccc(F)cc1)Cc1cccs1)C(=O)C1CC1. The average molecular weight is 403 g/mol. The molecule has 1 saturated carbocycles. The lowest BCUT2D eigenvalue weighted by Crippen LogP contribution is -2.44. The van der Waals surface area contributed by atoms with Crippen LogP contribution in [0.15, 0.2) is 41.8 Å². The van der Waals surface area contributed by atoms with Gasteiger partial charge in [0.1, 0.15) is 5.82 Å². The van der Waals surface area contributed by atoms with Gasteiger partial charge in [-0.15, -0.1) is 11.3 Å². The Hall–Kier alpha value is -2.21. The number of nitrogens with zero attached hydrogens (tertiary/aromatic N) is 2. The van der Waals surface area contributed by atoms with Gasteiger partial charge in [0.25, 0.3) is 0 Å². The molecule has 0 atom stereocenters. The van der Waals surface area contributed by atoms with E-state index in [0.717, 1.165) is 23.3 Å². The quantitative estimate of drug-likeness (QED) is 0.627. The van der Waals surface area contributed by atoms with Gasteiger partial charge in [0.15, 0.2) is 0 Å². The van der Waals surface area contributed by atoms with Crippen LogP contribution in [0.25, 0.3) is 0 Å². The highest BCUT2D eigenvalue weighted by atomic mass is 32.1. The molecule has 1 fully saturated rings. The Morgan fingerprint density at radius 3 is 2.39 bits per heavy atom. The highest BCUT2D eigenvalue weighted by Gasteiger charge is 2.34. The maximum Gasteiger partial charge on any atom is 0.242 e. The van der Waals surface area contributed by atoms with Gasteiger partial charge in [-0.25, -0.2) is 4.39 Å². The molecule has 0 radical (unpaired) electrons. The Balaban J connectivity index is 1.73. The van der Waals surface area contributed by atoms with Gasteiger partial charge in [0.2, 0.25) is 11.8 Å². The molecule has 3 rings (SSSR count). The van der Waals surface area contributed by atoms with Crippen LogP contribution in [-0.4, -0.2) is 34.7 Å². The maximum absolute atomic E-state index is 13.2. The second-order valence-electron chi connectivity index (χ2n) is 7.84. The van der Waals surface area contributed by atoms with E-state index in [-0.39, 0.29) is 30.1 Å². The fourth-order valence-electron chi connectivity index (χ4n) is 3.16. The number of hydrogen-bond acceptors (Lipinski definition) is 3. The van der Waals surface area contributed by atoms with Crippen LogP contribution in [0, 0.1) is 17.7 Å². The summed E-state index contributed by atoms with van der Waals surface area (Å²) in [7, 11) is 0. The van der Waals surface area contributed by atoms with Crippen LogP contribution in [-0.2, 0) is 22.7 Å². The van der Waals surface area contributed by atoms with Crippen molar-refractivity contribution in [2.45, 2.75) is 39.8 Å². The zero-order chi connectivity index (χ0) is 20.1. The smallest absolute Gasteiger partial charge is 0.242 e. The molecule has 1 heterocycles. The average Bonchev–Trinajstić information content (AvgIpc) is 3.38. The number of benzene rings is 1. The van der Waals surface area contributed by atoms with Gasteiger partial charge in [-0.2, -0.15) is 0 Å². The monoisotopic (exact) mass is 402 g/mol. The van der Waals surface area contributed by atoms with E-state index >= 15 is 0 Å². The summed E-state index contributed by atoms with van der Waals surface area (Å²) in [5.74, 6) is 0.123. The van der Waals surface area contributed by atoms with Crippen molar-refractivity contribution in [3.8, 4) is 0 Å². The third kappa shape index (κ3) is 5.89. The van der Waals surface area contributed by atoms with Crippen molar-refractivity contribution < 1.29 is 14.0 Å². The largest absolute Gasteiger partial charge is 0.333 e. The van der Waals surface area contributed by atoms with Gasteiger partial charge in [0, 0.05) is 23.9 Å². The van der Waals surface area contributed by atoms with Crippen LogP contribution in [0.1, 0.15) is 37.1 Å². The minimum absolute atomic E-state index is 0.0765. The normalized spacial score (nSPS) is 13.6. The number of carbonyl (C=O) groups is 2. The molecule has 0 bridgehead atoms. The zero-order valence-electron chi connectivity index (χ0n) is 16.4. The van der Waals surface area contributed by atoms with Crippen LogP contribution >= 0.6 is 11.3 Å². The third-order valence-electron chi connectivity index (χ3n) is 4.72. The predicted molar refractivity (Wildman–Crippen MR) is 109 cm³/mol. The molecule has 0 unspecified atom stereocenters. The molecule has 2 aromatic rings. The number of hydrogen-bond donors (Lipinski definition) is 0. The minimum atomic E-state index is -0.293. The van der Waals surface area contributed by atoms with E-state index in [9.17, 15) is 14.0 Å². The summed E-state index contributed by atoms with van der Waals surface area (Å²) in [6.07, 6.45) is 1.85. The summed E-state index contributed by atoms with van der Waals surface area (Å²) < 4.78 is 13.2. The third-order valence-corrected chi connectivity index (χ3v) is 5.58. The number of rotatable bonds is 9. The van der Waals surface area contributed by atoms with Crippen molar-refractivity contribution in [3.05, 3.63) is 58.0 Å². The number of halogens is 1. The molecular formula is C22H27FN2O2S. The first-order valence-corrected chi connectivity index (χ1v) is 10.6. The number of amides is 2. The Morgan fingerprint density at radius 2 is 1.82 bits per heavy atom. The fourth-order valence-corrected chi connectivity index (χ4v) is 3.88. The van der Waals surface area contributed by atoms with E-state index in [1.165, 1.54) is 12.1 Å². The molecule has 1 aromatic heterocycles. The zero-order valence-corrected chi connectivity index (χ0v) is 17.3. The fraction of sp³-hybridized carbons (Fsp3) is 0.455. The lowest BCUT2D eigenvalue weighted by molar-refractivity contribution is -0.142.